The number of benzene rings is 1. The SMILES string of the molecule is CCCCCCCCC(CCCc1cc(F)cc(F)c1)C(C)(C)OCC. The first-order chi connectivity index (χ1) is 12.4. The number of aryl methyl sites for hydroxylation is 1. The van der Waals surface area contributed by atoms with Gasteiger partial charge in [0.05, 0.1) is 5.60 Å². The van der Waals surface area contributed by atoms with Gasteiger partial charge in [-0.15, -0.1) is 0 Å². The minimum absolute atomic E-state index is 0.147. The zero-order valence-electron chi connectivity index (χ0n) is 17.3. The van der Waals surface area contributed by atoms with Crippen molar-refractivity contribution in [2.75, 3.05) is 6.61 Å². The second-order valence-corrected chi connectivity index (χ2v) is 7.96. The van der Waals surface area contributed by atoms with E-state index in [4.69, 9.17) is 4.74 Å². The van der Waals surface area contributed by atoms with Crippen molar-refractivity contribution < 1.29 is 13.5 Å². The molecule has 0 radical (unpaired) electrons. The number of unbranched alkanes of at least 4 members (excludes halogenated alkanes) is 5. The Hall–Kier alpha value is -0.960. The summed E-state index contributed by atoms with van der Waals surface area (Å²) in [4.78, 5) is 0. The highest BCUT2D eigenvalue weighted by Crippen LogP contribution is 2.31. The second-order valence-electron chi connectivity index (χ2n) is 7.96. The van der Waals surface area contributed by atoms with Gasteiger partial charge in [0, 0.05) is 12.7 Å². The average molecular weight is 369 g/mol. The van der Waals surface area contributed by atoms with Gasteiger partial charge >= 0.3 is 0 Å². The fourth-order valence-electron chi connectivity index (χ4n) is 3.81. The molecule has 0 saturated carbocycles. The molecule has 1 aromatic carbocycles. The van der Waals surface area contributed by atoms with Crippen molar-refractivity contribution in [2.24, 2.45) is 5.92 Å². The first-order valence-corrected chi connectivity index (χ1v) is 10.5. The van der Waals surface area contributed by atoms with Crippen molar-refractivity contribution in [3.8, 4) is 0 Å². The highest BCUT2D eigenvalue weighted by Gasteiger charge is 2.29. The van der Waals surface area contributed by atoms with Crippen molar-refractivity contribution >= 4 is 0 Å². The Bertz CT molecular complexity index is 479. The Morgan fingerprint density at radius 3 is 2.04 bits per heavy atom. The highest BCUT2D eigenvalue weighted by atomic mass is 19.1. The van der Waals surface area contributed by atoms with Crippen LogP contribution in [0.5, 0.6) is 0 Å². The molecule has 26 heavy (non-hydrogen) atoms. The molecule has 3 heteroatoms. The second kappa shape index (κ2) is 12.4. The summed E-state index contributed by atoms with van der Waals surface area (Å²) in [7, 11) is 0. The van der Waals surface area contributed by atoms with Crippen molar-refractivity contribution in [2.45, 2.75) is 97.5 Å². The van der Waals surface area contributed by atoms with Gasteiger partial charge in [-0.05, 0) is 70.1 Å². The summed E-state index contributed by atoms with van der Waals surface area (Å²) < 4.78 is 32.7. The lowest BCUT2D eigenvalue weighted by atomic mass is 9.82. The van der Waals surface area contributed by atoms with E-state index >= 15 is 0 Å². The molecular weight excluding hydrogens is 330 g/mol. The zero-order chi connectivity index (χ0) is 19.4. The molecule has 0 saturated heterocycles. The number of halogens is 2. The molecule has 0 amide bonds. The summed E-state index contributed by atoms with van der Waals surface area (Å²) in [5.41, 5.74) is 0.598. The smallest absolute Gasteiger partial charge is 0.126 e. The fourth-order valence-corrected chi connectivity index (χ4v) is 3.81. The minimum atomic E-state index is -0.488. The molecule has 0 aliphatic heterocycles. The molecule has 0 aliphatic rings. The van der Waals surface area contributed by atoms with Crippen molar-refractivity contribution in [3.05, 3.63) is 35.4 Å². The lowest BCUT2D eigenvalue weighted by Gasteiger charge is -2.34. The number of rotatable bonds is 14. The van der Waals surface area contributed by atoms with Crippen LogP contribution in [0.1, 0.15) is 91.0 Å². The van der Waals surface area contributed by atoms with Crippen molar-refractivity contribution in [1.82, 2.24) is 0 Å². The van der Waals surface area contributed by atoms with Crippen LogP contribution in [0, 0.1) is 17.6 Å². The maximum Gasteiger partial charge on any atom is 0.126 e. The first-order valence-electron chi connectivity index (χ1n) is 10.5. The van der Waals surface area contributed by atoms with Crippen LogP contribution in [0.3, 0.4) is 0 Å². The van der Waals surface area contributed by atoms with Gasteiger partial charge < -0.3 is 4.74 Å². The Morgan fingerprint density at radius 2 is 1.42 bits per heavy atom. The molecule has 0 fully saturated rings. The molecule has 150 valence electrons. The van der Waals surface area contributed by atoms with Crippen LogP contribution in [0.25, 0.3) is 0 Å². The molecule has 1 nitrogen and oxygen atoms in total. The van der Waals surface area contributed by atoms with E-state index in [-0.39, 0.29) is 5.60 Å². The van der Waals surface area contributed by atoms with Gasteiger partial charge in [-0.3, -0.25) is 0 Å². The van der Waals surface area contributed by atoms with Crippen LogP contribution < -0.4 is 0 Å². The average Bonchev–Trinajstić information content (AvgIpc) is 2.55. The van der Waals surface area contributed by atoms with E-state index in [1.165, 1.54) is 50.7 Å². The van der Waals surface area contributed by atoms with Gasteiger partial charge in [-0.1, -0.05) is 45.4 Å². The van der Waals surface area contributed by atoms with Crippen LogP contribution in [0.4, 0.5) is 8.78 Å². The van der Waals surface area contributed by atoms with Gasteiger partial charge in [0.25, 0.3) is 0 Å². The number of hydrogen-bond donors (Lipinski definition) is 0. The normalized spacial score (nSPS) is 13.2. The summed E-state index contributed by atoms with van der Waals surface area (Å²) in [5.74, 6) is -0.497. The lowest BCUT2D eigenvalue weighted by molar-refractivity contribution is -0.0603. The molecule has 1 atom stereocenters. The lowest BCUT2D eigenvalue weighted by Crippen LogP contribution is -2.34. The number of hydrogen-bond acceptors (Lipinski definition) is 1. The Labute approximate surface area is 159 Å². The standard InChI is InChI=1S/C23H38F2O/c1-5-7-8-9-10-11-14-20(23(3,4)26-6-2)15-12-13-19-16-21(24)18-22(25)17-19/h16-18,20H,5-15H2,1-4H3. The first kappa shape index (κ1) is 23.1. The van der Waals surface area contributed by atoms with E-state index in [1.807, 2.05) is 6.92 Å². The van der Waals surface area contributed by atoms with Crippen molar-refractivity contribution in [3.63, 3.8) is 0 Å². The van der Waals surface area contributed by atoms with Crippen LogP contribution in [0.15, 0.2) is 18.2 Å². The quantitative estimate of drug-likeness (QED) is 0.309. The Balaban J connectivity index is 2.50. The molecule has 0 aromatic heterocycles. The largest absolute Gasteiger partial charge is 0.376 e. The monoisotopic (exact) mass is 368 g/mol. The summed E-state index contributed by atoms with van der Waals surface area (Å²) in [5, 5.41) is 0. The van der Waals surface area contributed by atoms with Crippen molar-refractivity contribution in [1.29, 1.82) is 0 Å². The van der Waals surface area contributed by atoms with Gasteiger partial charge in [0.1, 0.15) is 11.6 Å². The summed E-state index contributed by atoms with van der Waals surface area (Å²) in [6.45, 7) is 9.36. The molecule has 1 unspecified atom stereocenters. The molecule has 0 N–H and O–H groups in total. The van der Waals surface area contributed by atoms with E-state index in [1.54, 1.807) is 0 Å². The third-order valence-electron chi connectivity index (χ3n) is 5.35. The molecule has 0 bridgehead atoms. The fraction of sp³-hybridized carbons (Fsp3) is 0.739. The summed E-state index contributed by atoms with van der Waals surface area (Å²) in [6.07, 6.45) is 11.6. The van der Waals surface area contributed by atoms with Gasteiger partial charge in [-0.25, -0.2) is 8.78 Å². The van der Waals surface area contributed by atoms with E-state index < -0.39 is 11.6 Å². The third-order valence-corrected chi connectivity index (χ3v) is 5.35. The predicted molar refractivity (Wildman–Crippen MR) is 106 cm³/mol. The molecule has 1 rings (SSSR count). The molecule has 1 aromatic rings. The van der Waals surface area contributed by atoms with Gasteiger partial charge in [-0.2, -0.15) is 0 Å². The minimum Gasteiger partial charge on any atom is -0.376 e. The molecule has 0 heterocycles. The highest BCUT2D eigenvalue weighted by molar-refractivity contribution is 5.17. The zero-order valence-corrected chi connectivity index (χ0v) is 17.3. The molecular formula is C23H38F2O. The topological polar surface area (TPSA) is 9.23 Å². The molecule has 0 spiro atoms. The number of ether oxygens (including phenoxy) is 1. The van der Waals surface area contributed by atoms with Crippen LogP contribution >= 0.6 is 0 Å². The van der Waals surface area contributed by atoms with E-state index in [0.29, 0.717) is 12.3 Å². The van der Waals surface area contributed by atoms with Crippen LogP contribution in [-0.2, 0) is 11.2 Å². The van der Waals surface area contributed by atoms with Crippen LogP contribution in [0.2, 0.25) is 0 Å². The summed E-state index contributed by atoms with van der Waals surface area (Å²) in [6, 6.07) is 3.82. The van der Waals surface area contributed by atoms with Gasteiger partial charge in [0.15, 0.2) is 0 Å². The Morgan fingerprint density at radius 1 is 0.846 bits per heavy atom. The predicted octanol–water partition coefficient (Wildman–Crippen LogP) is 7.47. The summed E-state index contributed by atoms with van der Waals surface area (Å²) >= 11 is 0. The van der Waals surface area contributed by atoms with E-state index in [0.717, 1.165) is 37.5 Å². The maximum absolute atomic E-state index is 13.3. The molecule has 0 aliphatic carbocycles. The van der Waals surface area contributed by atoms with E-state index in [2.05, 4.69) is 20.8 Å². The Kier molecular flexibility index (Phi) is 11.0. The maximum atomic E-state index is 13.3. The van der Waals surface area contributed by atoms with E-state index in [9.17, 15) is 8.78 Å². The van der Waals surface area contributed by atoms with Crippen LogP contribution in [-0.4, -0.2) is 12.2 Å². The van der Waals surface area contributed by atoms with Gasteiger partial charge in [0.2, 0.25) is 0 Å². The third kappa shape index (κ3) is 9.12.